The Kier molecular flexibility index (Phi) is 5.33. The summed E-state index contributed by atoms with van der Waals surface area (Å²) < 4.78 is 0. The van der Waals surface area contributed by atoms with Gasteiger partial charge in [0, 0.05) is 31.2 Å². The highest BCUT2D eigenvalue weighted by molar-refractivity contribution is 7.09. The highest BCUT2D eigenvalue weighted by Crippen LogP contribution is 2.09. The fourth-order valence-electron chi connectivity index (χ4n) is 1.91. The molecule has 0 fully saturated rings. The quantitative estimate of drug-likeness (QED) is 0.830. The smallest absolute Gasteiger partial charge is 0.107 e. The second kappa shape index (κ2) is 7.26. The van der Waals surface area contributed by atoms with E-state index in [4.69, 9.17) is 5.73 Å². The molecule has 0 unspecified atom stereocenters. The Hall–Kier alpha value is -1.23. The lowest BCUT2D eigenvalue weighted by Crippen LogP contribution is -2.31. The van der Waals surface area contributed by atoms with Gasteiger partial charge in [0.25, 0.3) is 0 Å². The molecule has 0 saturated heterocycles. The van der Waals surface area contributed by atoms with Gasteiger partial charge in [0.15, 0.2) is 0 Å². The first-order valence-electron chi connectivity index (χ1n) is 6.23. The topological polar surface area (TPSA) is 42.1 Å². The Balaban J connectivity index is 1.86. The molecule has 0 saturated carbocycles. The van der Waals surface area contributed by atoms with E-state index in [0.717, 1.165) is 31.1 Å². The first kappa shape index (κ1) is 13.2. The Labute approximate surface area is 112 Å². The highest BCUT2D eigenvalue weighted by Gasteiger charge is 2.07. The third-order valence-electron chi connectivity index (χ3n) is 2.85. The van der Waals surface area contributed by atoms with Crippen molar-refractivity contribution >= 4 is 11.3 Å². The zero-order chi connectivity index (χ0) is 12.6. The first-order valence-corrected chi connectivity index (χ1v) is 7.11. The van der Waals surface area contributed by atoms with Crippen LogP contribution in [-0.2, 0) is 13.0 Å². The lowest BCUT2D eigenvalue weighted by atomic mass is 10.1. The van der Waals surface area contributed by atoms with E-state index in [-0.39, 0.29) is 0 Å². The molecule has 0 bridgehead atoms. The van der Waals surface area contributed by atoms with Crippen molar-refractivity contribution in [2.24, 2.45) is 5.73 Å². The van der Waals surface area contributed by atoms with Gasteiger partial charge in [0.2, 0.25) is 0 Å². The molecule has 3 nitrogen and oxygen atoms in total. The molecule has 1 heterocycles. The van der Waals surface area contributed by atoms with E-state index in [1.165, 1.54) is 5.56 Å². The van der Waals surface area contributed by atoms with Crippen LogP contribution in [0.15, 0.2) is 41.9 Å². The van der Waals surface area contributed by atoms with E-state index in [1.807, 2.05) is 11.6 Å². The van der Waals surface area contributed by atoms with Crippen LogP contribution in [0.2, 0.25) is 0 Å². The fraction of sp³-hybridized carbons (Fsp3) is 0.357. The average Bonchev–Trinajstić information content (AvgIpc) is 2.90. The molecule has 1 aromatic heterocycles. The maximum atomic E-state index is 5.67. The van der Waals surface area contributed by atoms with E-state index >= 15 is 0 Å². The van der Waals surface area contributed by atoms with E-state index in [2.05, 4.69) is 40.2 Å². The van der Waals surface area contributed by atoms with Gasteiger partial charge < -0.3 is 5.73 Å². The molecular weight excluding hydrogens is 242 g/mol. The molecule has 2 N–H and O–H groups in total. The number of thiazole rings is 1. The van der Waals surface area contributed by atoms with Crippen LogP contribution in [0.25, 0.3) is 0 Å². The lowest BCUT2D eigenvalue weighted by Gasteiger charge is -2.20. The third-order valence-corrected chi connectivity index (χ3v) is 3.61. The van der Waals surface area contributed by atoms with Gasteiger partial charge in [-0.1, -0.05) is 30.3 Å². The summed E-state index contributed by atoms with van der Waals surface area (Å²) in [6.07, 6.45) is 2.92. The molecule has 2 rings (SSSR count). The van der Waals surface area contributed by atoms with Gasteiger partial charge >= 0.3 is 0 Å². The summed E-state index contributed by atoms with van der Waals surface area (Å²) >= 11 is 1.71. The molecule has 0 aliphatic rings. The molecule has 1 aromatic carbocycles. The van der Waals surface area contributed by atoms with Gasteiger partial charge in [-0.2, -0.15) is 0 Å². The summed E-state index contributed by atoms with van der Waals surface area (Å²) in [4.78, 5) is 6.70. The van der Waals surface area contributed by atoms with E-state index < -0.39 is 0 Å². The maximum absolute atomic E-state index is 5.67. The highest BCUT2D eigenvalue weighted by atomic mass is 32.1. The van der Waals surface area contributed by atoms with Crippen molar-refractivity contribution in [3.63, 3.8) is 0 Å². The minimum Gasteiger partial charge on any atom is -0.329 e. The van der Waals surface area contributed by atoms with E-state index in [1.54, 1.807) is 11.3 Å². The number of nitrogens with zero attached hydrogens (tertiary/aromatic N) is 2. The normalized spacial score (nSPS) is 11.0. The summed E-state index contributed by atoms with van der Waals surface area (Å²) in [6.45, 7) is 3.55. The Morgan fingerprint density at radius 3 is 2.67 bits per heavy atom. The molecule has 4 heteroatoms. The van der Waals surface area contributed by atoms with Gasteiger partial charge in [-0.25, -0.2) is 4.98 Å². The molecule has 0 radical (unpaired) electrons. The van der Waals surface area contributed by atoms with Crippen molar-refractivity contribution in [2.45, 2.75) is 13.0 Å². The average molecular weight is 261 g/mol. The van der Waals surface area contributed by atoms with Crippen LogP contribution in [0.4, 0.5) is 0 Å². The second-order valence-corrected chi connectivity index (χ2v) is 5.21. The Morgan fingerprint density at radius 1 is 1.17 bits per heavy atom. The minimum absolute atomic E-state index is 0.695. The van der Waals surface area contributed by atoms with Gasteiger partial charge in [-0.05, 0) is 12.0 Å². The third kappa shape index (κ3) is 4.22. The van der Waals surface area contributed by atoms with E-state index in [9.17, 15) is 0 Å². The molecule has 18 heavy (non-hydrogen) atoms. The van der Waals surface area contributed by atoms with Crippen LogP contribution >= 0.6 is 11.3 Å². The predicted octanol–water partition coefficient (Wildman–Crippen LogP) is 2.15. The van der Waals surface area contributed by atoms with Crippen LogP contribution in [0.3, 0.4) is 0 Å². The van der Waals surface area contributed by atoms with Gasteiger partial charge in [0.1, 0.15) is 5.01 Å². The number of benzene rings is 1. The van der Waals surface area contributed by atoms with Crippen molar-refractivity contribution in [1.29, 1.82) is 0 Å². The summed E-state index contributed by atoms with van der Waals surface area (Å²) in [7, 11) is 0. The standard InChI is InChI=1S/C14H19N3S/c15-7-10-17(12-14-16-8-11-18-14)9-6-13-4-2-1-3-5-13/h1-5,8,11H,6-7,9-10,12,15H2. The molecule has 0 atom stereocenters. The zero-order valence-electron chi connectivity index (χ0n) is 10.5. The number of hydrogen-bond acceptors (Lipinski definition) is 4. The van der Waals surface area contributed by atoms with Crippen LogP contribution < -0.4 is 5.73 Å². The molecule has 0 spiro atoms. The van der Waals surface area contributed by atoms with Crippen LogP contribution in [0, 0.1) is 0 Å². The monoisotopic (exact) mass is 261 g/mol. The summed E-state index contributed by atoms with van der Waals surface area (Å²) in [5, 5.41) is 3.18. The van der Waals surface area contributed by atoms with Crippen molar-refractivity contribution in [2.75, 3.05) is 19.6 Å². The molecule has 96 valence electrons. The van der Waals surface area contributed by atoms with Crippen molar-refractivity contribution in [3.8, 4) is 0 Å². The van der Waals surface area contributed by atoms with Gasteiger partial charge in [-0.15, -0.1) is 11.3 Å². The number of aromatic nitrogens is 1. The van der Waals surface area contributed by atoms with E-state index in [0.29, 0.717) is 6.54 Å². The molecular formula is C14H19N3S. The Bertz CT molecular complexity index is 428. The Morgan fingerprint density at radius 2 is 2.00 bits per heavy atom. The summed E-state index contributed by atoms with van der Waals surface area (Å²) in [5.41, 5.74) is 7.04. The SMILES string of the molecule is NCCN(CCc1ccccc1)Cc1nccs1. The number of rotatable bonds is 7. The fourth-order valence-corrected chi connectivity index (χ4v) is 2.56. The summed E-state index contributed by atoms with van der Waals surface area (Å²) in [5.74, 6) is 0. The molecule has 0 amide bonds. The summed E-state index contributed by atoms with van der Waals surface area (Å²) in [6, 6.07) is 10.6. The minimum atomic E-state index is 0.695. The van der Waals surface area contributed by atoms with Crippen LogP contribution in [0.5, 0.6) is 0 Å². The second-order valence-electron chi connectivity index (χ2n) is 4.23. The van der Waals surface area contributed by atoms with Crippen molar-refractivity contribution < 1.29 is 0 Å². The van der Waals surface area contributed by atoms with Crippen LogP contribution in [-0.4, -0.2) is 29.5 Å². The molecule has 0 aliphatic carbocycles. The number of nitrogens with two attached hydrogens (primary N) is 1. The van der Waals surface area contributed by atoms with Crippen LogP contribution in [0.1, 0.15) is 10.6 Å². The predicted molar refractivity (Wildman–Crippen MR) is 76.6 cm³/mol. The van der Waals surface area contributed by atoms with Gasteiger partial charge in [0.05, 0.1) is 6.54 Å². The first-order chi connectivity index (χ1) is 8.88. The lowest BCUT2D eigenvalue weighted by molar-refractivity contribution is 0.276. The maximum Gasteiger partial charge on any atom is 0.107 e. The molecule has 0 aliphatic heterocycles. The van der Waals surface area contributed by atoms with Crippen molar-refractivity contribution in [3.05, 3.63) is 52.5 Å². The van der Waals surface area contributed by atoms with Gasteiger partial charge in [-0.3, -0.25) is 4.90 Å². The number of hydrogen-bond donors (Lipinski definition) is 1. The molecule has 2 aromatic rings. The largest absolute Gasteiger partial charge is 0.329 e. The zero-order valence-corrected chi connectivity index (χ0v) is 11.3. The van der Waals surface area contributed by atoms with Crippen molar-refractivity contribution in [1.82, 2.24) is 9.88 Å².